The van der Waals surface area contributed by atoms with Crippen molar-refractivity contribution in [2.24, 2.45) is 0 Å². The molecule has 2 aromatic rings. The van der Waals surface area contributed by atoms with E-state index >= 15 is 0 Å². The second kappa shape index (κ2) is 8.23. The van der Waals surface area contributed by atoms with Gasteiger partial charge in [0.1, 0.15) is 11.3 Å². The van der Waals surface area contributed by atoms with Crippen LogP contribution in [0, 0.1) is 6.92 Å². The van der Waals surface area contributed by atoms with Crippen LogP contribution >= 0.6 is 0 Å². The van der Waals surface area contributed by atoms with E-state index in [1.54, 1.807) is 19.1 Å². The lowest BCUT2D eigenvalue weighted by molar-refractivity contribution is -0.124. The average Bonchev–Trinajstić information content (AvgIpc) is 3.27. The van der Waals surface area contributed by atoms with Crippen molar-refractivity contribution >= 4 is 22.8 Å². The van der Waals surface area contributed by atoms with Gasteiger partial charge in [0, 0.05) is 24.1 Å². The van der Waals surface area contributed by atoms with Gasteiger partial charge < -0.3 is 23.9 Å². The Morgan fingerprint density at radius 2 is 2.19 bits per heavy atom. The summed E-state index contributed by atoms with van der Waals surface area (Å²) in [5.41, 5.74) is 1.23. The summed E-state index contributed by atoms with van der Waals surface area (Å²) in [5.74, 6) is -0.219. The number of ether oxygens (including phenoxy) is 3. The van der Waals surface area contributed by atoms with Gasteiger partial charge in [-0.15, -0.1) is 0 Å². The van der Waals surface area contributed by atoms with Crippen molar-refractivity contribution in [3.8, 4) is 5.75 Å². The Kier molecular flexibility index (Phi) is 5.78. The largest absolute Gasteiger partial charge is 0.494 e. The van der Waals surface area contributed by atoms with Gasteiger partial charge in [0.15, 0.2) is 6.61 Å². The molecule has 0 radical (unpaired) electrons. The fourth-order valence-electron chi connectivity index (χ4n) is 2.93. The number of carbonyl (C=O) groups is 2. The van der Waals surface area contributed by atoms with Crippen LogP contribution in [0.1, 0.15) is 35.9 Å². The quantitative estimate of drug-likeness (QED) is 0.763. The maximum atomic E-state index is 12.3. The number of fused-ring (bicyclic) bond motifs is 1. The maximum absolute atomic E-state index is 12.3. The molecule has 1 aliphatic heterocycles. The summed E-state index contributed by atoms with van der Waals surface area (Å²) >= 11 is 0. The van der Waals surface area contributed by atoms with Gasteiger partial charge in [0.25, 0.3) is 5.91 Å². The first-order chi connectivity index (χ1) is 12.6. The maximum Gasteiger partial charge on any atom is 0.375 e. The molecule has 0 bridgehead atoms. The molecule has 0 aliphatic carbocycles. The number of esters is 1. The molecule has 1 saturated heterocycles. The van der Waals surface area contributed by atoms with E-state index < -0.39 is 5.97 Å². The van der Waals surface area contributed by atoms with Crippen LogP contribution < -0.4 is 10.1 Å². The zero-order chi connectivity index (χ0) is 18.5. The molecule has 7 heteroatoms. The highest BCUT2D eigenvalue weighted by atomic mass is 16.5. The minimum atomic E-state index is -0.663. The highest BCUT2D eigenvalue weighted by molar-refractivity contribution is 5.97. The first-order valence-corrected chi connectivity index (χ1v) is 8.80. The Hall–Kier alpha value is -2.54. The number of nitrogens with one attached hydrogen (secondary N) is 1. The van der Waals surface area contributed by atoms with Crippen molar-refractivity contribution < 1.29 is 28.2 Å². The summed E-state index contributed by atoms with van der Waals surface area (Å²) in [5, 5.41) is 3.49. The van der Waals surface area contributed by atoms with E-state index in [1.165, 1.54) is 0 Å². The van der Waals surface area contributed by atoms with Crippen LogP contribution in [0.25, 0.3) is 11.0 Å². The SMILES string of the molecule is CCOc1ccc2oc(C(=O)OCC(=O)NC[C@H]3CCCO3)c(C)c2c1. The Morgan fingerprint density at radius 3 is 2.92 bits per heavy atom. The summed E-state index contributed by atoms with van der Waals surface area (Å²) in [6.07, 6.45) is 1.99. The van der Waals surface area contributed by atoms with Gasteiger partial charge in [-0.1, -0.05) is 0 Å². The van der Waals surface area contributed by atoms with Crippen LogP contribution in [0.2, 0.25) is 0 Å². The number of hydrogen-bond donors (Lipinski definition) is 1. The fraction of sp³-hybridized carbons (Fsp3) is 0.474. The van der Waals surface area contributed by atoms with Gasteiger partial charge in [0.05, 0.1) is 12.7 Å². The molecule has 26 heavy (non-hydrogen) atoms. The number of furan rings is 1. The van der Waals surface area contributed by atoms with E-state index in [-0.39, 0.29) is 24.4 Å². The Bertz CT molecular complexity index is 791. The van der Waals surface area contributed by atoms with Crippen molar-refractivity contribution in [3.63, 3.8) is 0 Å². The molecule has 0 saturated carbocycles. The second-order valence-electron chi connectivity index (χ2n) is 6.16. The van der Waals surface area contributed by atoms with Gasteiger partial charge in [-0.2, -0.15) is 0 Å². The first-order valence-electron chi connectivity index (χ1n) is 8.80. The van der Waals surface area contributed by atoms with Crippen LogP contribution in [0.5, 0.6) is 5.75 Å². The molecule has 0 unspecified atom stereocenters. The summed E-state index contributed by atoms with van der Waals surface area (Å²) < 4.78 is 21.6. The van der Waals surface area contributed by atoms with Crippen molar-refractivity contribution in [2.75, 3.05) is 26.4 Å². The molecule has 3 rings (SSSR count). The van der Waals surface area contributed by atoms with Crippen molar-refractivity contribution in [1.82, 2.24) is 5.32 Å². The van der Waals surface area contributed by atoms with Crippen molar-refractivity contribution in [1.29, 1.82) is 0 Å². The minimum Gasteiger partial charge on any atom is -0.494 e. The first kappa shape index (κ1) is 18.3. The standard InChI is InChI=1S/C19H23NO6/c1-3-23-13-6-7-16-15(9-13)12(2)18(26-16)19(22)25-11-17(21)20-10-14-5-4-8-24-14/h6-7,9,14H,3-5,8,10-11H2,1-2H3,(H,20,21)/t14-/m1/s1. The number of amides is 1. The molecule has 1 aromatic carbocycles. The van der Waals surface area contributed by atoms with E-state index in [4.69, 9.17) is 18.6 Å². The molecule has 1 aliphatic rings. The van der Waals surface area contributed by atoms with E-state index in [1.807, 2.05) is 13.0 Å². The predicted molar refractivity (Wildman–Crippen MR) is 94.4 cm³/mol. The number of rotatable bonds is 7. The summed E-state index contributed by atoms with van der Waals surface area (Å²) in [6, 6.07) is 5.35. The Balaban J connectivity index is 1.58. The number of carbonyl (C=O) groups excluding carboxylic acids is 2. The molecule has 0 spiro atoms. The van der Waals surface area contributed by atoms with E-state index in [0.717, 1.165) is 24.8 Å². The molecule has 140 valence electrons. The van der Waals surface area contributed by atoms with E-state index in [9.17, 15) is 9.59 Å². The van der Waals surface area contributed by atoms with E-state index in [2.05, 4.69) is 5.32 Å². The molecule has 7 nitrogen and oxygen atoms in total. The molecule has 1 aromatic heterocycles. The minimum absolute atomic E-state index is 0.0480. The molecule has 2 heterocycles. The Labute approximate surface area is 151 Å². The monoisotopic (exact) mass is 361 g/mol. The summed E-state index contributed by atoms with van der Waals surface area (Å²) in [6.45, 7) is 5.03. The number of aryl methyl sites for hydroxylation is 1. The normalized spacial score (nSPS) is 16.6. The van der Waals surface area contributed by atoms with Crippen LogP contribution in [0.15, 0.2) is 22.6 Å². The highest BCUT2D eigenvalue weighted by Crippen LogP contribution is 2.29. The van der Waals surface area contributed by atoms with Crippen LogP contribution in [0.3, 0.4) is 0 Å². The summed E-state index contributed by atoms with van der Waals surface area (Å²) in [7, 11) is 0. The zero-order valence-electron chi connectivity index (χ0n) is 15.0. The fourth-order valence-corrected chi connectivity index (χ4v) is 2.93. The molecular formula is C19H23NO6. The summed E-state index contributed by atoms with van der Waals surface area (Å²) in [4.78, 5) is 24.1. The Morgan fingerprint density at radius 1 is 1.35 bits per heavy atom. The van der Waals surface area contributed by atoms with Crippen molar-refractivity contribution in [3.05, 3.63) is 29.5 Å². The average molecular weight is 361 g/mol. The van der Waals surface area contributed by atoms with Gasteiger partial charge in [-0.25, -0.2) is 4.79 Å². The zero-order valence-corrected chi connectivity index (χ0v) is 15.0. The van der Waals surface area contributed by atoms with Gasteiger partial charge in [0.2, 0.25) is 5.76 Å². The molecule has 1 N–H and O–H groups in total. The highest BCUT2D eigenvalue weighted by Gasteiger charge is 2.21. The van der Waals surface area contributed by atoms with Gasteiger partial charge in [-0.05, 0) is 44.9 Å². The third kappa shape index (κ3) is 4.16. The lowest BCUT2D eigenvalue weighted by Crippen LogP contribution is -2.34. The predicted octanol–water partition coefficient (Wildman–Crippen LogP) is 2.59. The molecular weight excluding hydrogens is 338 g/mol. The number of benzene rings is 1. The molecule has 1 amide bonds. The van der Waals surface area contributed by atoms with Crippen LogP contribution in [-0.4, -0.2) is 44.3 Å². The molecule has 1 fully saturated rings. The third-order valence-corrected chi connectivity index (χ3v) is 4.29. The lowest BCUT2D eigenvalue weighted by Gasteiger charge is -2.10. The smallest absolute Gasteiger partial charge is 0.375 e. The lowest BCUT2D eigenvalue weighted by atomic mass is 10.1. The van der Waals surface area contributed by atoms with Crippen LogP contribution in [-0.2, 0) is 14.3 Å². The van der Waals surface area contributed by atoms with Crippen LogP contribution in [0.4, 0.5) is 0 Å². The van der Waals surface area contributed by atoms with E-state index in [0.29, 0.717) is 30.0 Å². The number of hydrogen-bond acceptors (Lipinski definition) is 6. The second-order valence-corrected chi connectivity index (χ2v) is 6.16. The topological polar surface area (TPSA) is 87.0 Å². The van der Waals surface area contributed by atoms with Gasteiger partial charge in [-0.3, -0.25) is 4.79 Å². The van der Waals surface area contributed by atoms with Gasteiger partial charge >= 0.3 is 5.97 Å². The third-order valence-electron chi connectivity index (χ3n) is 4.29. The molecule has 1 atom stereocenters. The van der Waals surface area contributed by atoms with Crippen molar-refractivity contribution in [2.45, 2.75) is 32.8 Å².